The Labute approximate surface area is 127 Å². The summed E-state index contributed by atoms with van der Waals surface area (Å²) in [4.78, 5) is 11.8. The first kappa shape index (κ1) is 15.8. The second-order valence-corrected chi connectivity index (χ2v) is 4.66. The molecule has 2 aromatic carbocycles. The molecule has 4 nitrogen and oxygen atoms in total. The van der Waals surface area contributed by atoms with E-state index in [9.17, 15) is 13.6 Å². The highest BCUT2D eigenvalue weighted by molar-refractivity contribution is 5.89. The number of hydrogen-bond acceptors (Lipinski definition) is 2. The van der Waals surface area contributed by atoms with Crippen LogP contribution in [0.4, 0.5) is 19.3 Å². The molecule has 116 valence electrons. The first-order valence-electron chi connectivity index (χ1n) is 6.69. The predicted octanol–water partition coefficient (Wildman–Crippen LogP) is 3.92. The predicted molar refractivity (Wildman–Crippen MR) is 80.1 cm³/mol. The van der Waals surface area contributed by atoms with Crippen molar-refractivity contribution in [2.45, 2.75) is 20.1 Å². The number of amides is 2. The molecule has 0 saturated carbocycles. The van der Waals surface area contributed by atoms with Gasteiger partial charge in [-0.15, -0.1) is 0 Å². The summed E-state index contributed by atoms with van der Waals surface area (Å²) in [7, 11) is 0. The van der Waals surface area contributed by atoms with Crippen molar-refractivity contribution >= 4 is 11.7 Å². The Balaban J connectivity index is 1.92. The molecular weight excluding hydrogens is 290 g/mol. The van der Waals surface area contributed by atoms with Gasteiger partial charge >= 0.3 is 12.6 Å². The summed E-state index contributed by atoms with van der Waals surface area (Å²) in [6.45, 7) is -0.868. The second-order valence-electron chi connectivity index (χ2n) is 4.66. The Bertz CT molecular complexity index is 630. The van der Waals surface area contributed by atoms with Gasteiger partial charge in [-0.25, -0.2) is 4.79 Å². The van der Waals surface area contributed by atoms with Crippen LogP contribution in [-0.2, 0) is 6.54 Å². The van der Waals surface area contributed by atoms with Crippen molar-refractivity contribution in [1.82, 2.24) is 5.32 Å². The average Bonchev–Trinajstić information content (AvgIpc) is 2.48. The van der Waals surface area contributed by atoms with Crippen molar-refractivity contribution in [2.75, 3.05) is 5.32 Å². The van der Waals surface area contributed by atoms with Crippen LogP contribution in [0.15, 0.2) is 48.5 Å². The topological polar surface area (TPSA) is 50.4 Å². The Morgan fingerprint density at radius 1 is 1.14 bits per heavy atom. The molecule has 2 rings (SSSR count). The summed E-state index contributed by atoms with van der Waals surface area (Å²) in [5.74, 6) is 0.0492. The van der Waals surface area contributed by atoms with Gasteiger partial charge in [0, 0.05) is 17.8 Å². The highest BCUT2D eigenvalue weighted by Gasteiger charge is 2.10. The van der Waals surface area contributed by atoms with Gasteiger partial charge in [-0.2, -0.15) is 8.78 Å². The molecule has 22 heavy (non-hydrogen) atoms. The van der Waals surface area contributed by atoms with E-state index in [1.54, 1.807) is 30.3 Å². The van der Waals surface area contributed by atoms with E-state index in [4.69, 9.17) is 0 Å². The lowest BCUT2D eigenvalue weighted by atomic mass is 10.2. The summed E-state index contributed by atoms with van der Waals surface area (Å²) >= 11 is 0. The van der Waals surface area contributed by atoms with E-state index >= 15 is 0 Å². The Morgan fingerprint density at radius 3 is 2.50 bits per heavy atom. The first-order valence-corrected chi connectivity index (χ1v) is 6.69. The van der Waals surface area contributed by atoms with Gasteiger partial charge in [-0.1, -0.05) is 35.9 Å². The lowest BCUT2D eigenvalue weighted by Crippen LogP contribution is -2.28. The summed E-state index contributed by atoms with van der Waals surface area (Å²) in [5, 5.41) is 5.26. The maximum Gasteiger partial charge on any atom is 0.387 e. The van der Waals surface area contributed by atoms with Crippen LogP contribution in [0.2, 0.25) is 0 Å². The molecule has 6 heteroatoms. The number of anilines is 1. The summed E-state index contributed by atoms with van der Waals surface area (Å²) in [6.07, 6.45) is 0. The van der Waals surface area contributed by atoms with Crippen LogP contribution in [0.1, 0.15) is 11.1 Å². The molecule has 0 bridgehead atoms. The molecule has 0 heterocycles. The molecule has 2 N–H and O–H groups in total. The maximum absolute atomic E-state index is 12.3. The number of urea groups is 1. The fraction of sp³-hybridized carbons (Fsp3) is 0.188. The van der Waals surface area contributed by atoms with Crippen molar-refractivity contribution in [3.05, 3.63) is 59.7 Å². The van der Waals surface area contributed by atoms with E-state index in [0.717, 1.165) is 5.56 Å². The molecule has 2 aromatic rings. The second kappa shape index (κ2) is 7.40. The monoisotopic (exact) mass is 306 g/mol. The van der Waals surface area contributed by atoms with Crippen LogP contribution in [-0.4, -0.2) is 12.6 Å². The number of carbonyl (C=O) groups is 1. The average molecular weight is 306 g/mol. The van der Waals surface area contributed by atoms with Crippen molar-refractivity contribution in [2.24, 2.45) is 0 Å². The number of carbonyl (C=O) groups excluding carboxylic acids is 1. The summed E-state index contributed by atoms with van der Waals surface area (Å²) in [6, 6.07) is 13.2. The van der Waals surface area contributed by atoms with Crippen LogP contribution in [0, 0.1) is 6.92 Å². The van der Waals surface area contributed by atoms with E-state index in [1.165, 1.54) is 6.07 Å². The maximum atomic E-state index is 12.3. The summed E-state index contributed by atoms with van der Waals surface area (Å²) < 4.78 is 29.0. The fourth-order valence-corrected chi connectivity index (χ4v) is 1.85. The molecule has 0 atom stereocenters. The first-order chi connectivity index (χ1) is 10.5. The standard InChI is InChI=1S/C16H16F2N2O2/c1-11-6-8-13(9-7-11)20-16(21)19-10-12-4-2-3-5-14(12)22-15(17)18/h2-9,15H,10H2,1H3,(H2,19,20,21). The number of para-hydroxylation sites is 1. The zero-order valence-electron chi connectivity index (χ0n) is 12.0. The van der Waals surface area contributed by atoms with E-state index < -0.39 is 12.6 Å². The Morgan fingerprint density at radius 2 is 1.82 bits per heavy atom. The van der Waals surface area contributed by atoms with Crippen LogP contribution in [0.5, 0.6) is 5.75 Å². The zero-order chi connectivity index (χ0) is 15.9. The van der Waals surface area contributed by atoms with Gasteiger partial charge in [0.15, 0.2) is 0 Å². The lowest BCUT2D eigenvalue weighted by Gasteiger charge is -2.12. The van der Waals surface area contributed by atoms with Crippen molar-refractivity contribution in [3.63, 3.8) is 0 Å². The molecule has 0 aliphatic heterocycles. The third kappa shape index (κ3) is 4.73. The third-order valence-electron chi connectivity index (χ3n) is 2.94. The van der Waals surface area contributed by atoms with Crippen LogP contribution >= 0.6 is 0 Å². The number of nitrogens with one attached hydrogen (secondary N) is 2. The smallest absolute Gasteiger partial charge is 0.387 e. The van der Waals surface area contributed by atoms with Gasteiger partial charge in [0.25, 0.3) is 0 Å². The van der Waals surface area contributed by atoms with Gasteiger partial charge < -0.3 is 15.4 Å². The SMILES string of the molecule is Cc1ccc(NC(=O)NCc2ccccc2OC(F)F)cc1. The van der Waals surface area contributed by atoms with Gasteiger partial charge in [-0.05, 0) is 25.1 Å². The van der Waals surface area contributed by atoms with Gasteiger partial charge in [0.2, 0.25) is 0 Å². The van der Waals surface area contributed by atoms with Crippen molar-refractivity contribution in [3.8, 4) is 5.75 Å². The minimum atomic E-state index is -2.90. The third-order valence-corrected chi connectivity index (χ3v) is 2.94. The van der Waals surface area contributed by atoms with Crippen LogP contribution in [0.25, 0.3) is 0 Å². The molecule has 0 aliphatic carbocycles. The normalized spacial score (nSPS) is 10.4. The van der Waals surface area contributed by atoms with Crippen LogP contribution in [0.3, 0.4) is 0 Å². The minimum absolute atomic E-state index is 0.0492. The minimum Gasteiger partial charge on any atom is -0.434 e. The molecular formula is C16H16F2N2O2. The number of halogens is 2. The molecule has 0 aliphatic rings. The molecule has 0 saturated heterocycles. The van der Waals surface area contributed by atoms with Crippen LogP contribution < -0.4 is 15.4 Å². The number of aryl methyl sites for hydroxylation is 1. The zero-order valence-corrected chi connectivity index (χ0v) is 12.0. The Kier molecular flexibility index (Phi) is 5.30. The van der Waals surface area contributed by atoms with Gasteiger partial charge in [0.1, 0.15) is 5.75 Å². The number of benzene rings is 2. The number of rotatable bonds is 5. The highest BCUT2D eigenvalue weighted by Crippen LogP contribution is 2.20. The van der Waals surface area contributed by atoms with E-state index in [1.807, 2.05) is 19.1 Å². The molecule has 2 amide bonds. The highest BCUT2D eigenvalue weighted by atomic mass is 19.3. The molecule has 0 unspecified atom stereocenters. The molecule has 0 spiro atoms. The molecule has 0 radical (unpaired) electrons. The van der Waals surface area contributed by atoms with Gasteiger partial charge in [0.05, 0.1) is 0 Å². The summed E-state index contributed by atoms with van der Waals surface area (Å²) in [5.41, 5.74) is 2.21. The van der Waals surface area contributed by atoms with E-state index in [0.29, 0.717) is 11.3 Å². The van der Waals surface area contributed by atoms with Crippen molar-refractivity contribution in [1.29, 1.82) is 0 Å². The largest absolute Gasteiger partial charge is 0.434 e. The van der Waals surface area contributed by atoms with E-state index in [2.05, 4.69) is 15.4 Å². The number of ether oxygens (including phenoxy) is 1. The molecule has 0 fully saturated rings. The van der Waals surface area contributed by atoms with E-state index in [-0.39, 0.29) is 12.3 Å². The Hall–Kier alpha value is -2.63. The lowest BCUT2D eigenvalue weighted by molar-refractivity contribution is -0.0504. The van der Waals surface area contributed by atoms with Crippen molar-refractivity contribution < 1.29 is 18.3 Å². The fourth-order valence-electron chi connectivity index (χ4n) is 1.85. The number of alkyl halides is 2. The molecule has 0 aromatic heterocycles. The quantitative estimate of drug-likeness (QED) is 0.879. The van der Waals surface area contributed by atoms with Gasteiger partial charge in [-0.3, -0.25) is 0 Å². The number of hydrogen-bond donors (Lipinski definition) is 2.